The monoisotopic (exact) mass is 434 g/mol. The minimum atomic E-state index is -5.14. The molecule has 3 aromatic rings. The van der Waals surface area contributed by atoms with Gasteiger partial charge < -0.3 is 4.74 Å². The van der Waals surface area contributed by atoms with E-state index in [9.17, 15) is 22.0 Å². The fourth-order valence-corrected chi connectivity index (χ4v) is 4.42. The quantitative estimate of drug-likeness (QED) is 0.375. The van der Waals surface area contributed by atoms with Gasteiger partial charge in [-0.1, -0.05) is 49.7 Å². The van der Waals surface area contributed by atoms with E-state index < -0.39 is 23.7 Å². The molecule has 1 nitrogen and oxygen atoms in total. The van der Waals surface area contributed by atoms with Gasteiger partial charge in [0.2, 0.25) is 5.75 Å². The van der Waals surface area contributed by atoms with Crippen molar-refractivity contribution < 1.29 is 26.7 Å². The van der Waals surface area contributed by atoms with E-state index in [2.05, 4.69) is 42.0 Å². The van der Waals surface area contributed by atoms with E-state index in [-0.39, 0.29) is 17.9 Å². The van der Waals surface area contributed by atoms with Crippen LogP contribution in [0.2, 0.25) is 0 Å². The third-order valence-electron chi connectivity index (χ3n) is 6.02. The average Bonchev–Trinajstić information content (AvgIpc) is 2.73. The molecule has 1 unspecified atom stereocenters. The molecule has 0 N–H and O–H groups in total. The van der Waals surface area contributed by atoms with Crippen LogP contribution in [0.3, 0.4) is 0 Å². The Labute approximate surface area is 177 Å². The van der Waals surface area contributed by atoms with Crippen LogP contribution in [0.4, 0.5) is 22.0 Å². The largest absolute Gasteiger partial charge is 0.573 e. The molecule has 164 valence electrons. The average molecular weight is 434 g/mol. The molecule has 3 aromatic carbocycles. The third kappa shape index (κ3) is 4.68. The Balaban J connectivity index is 1.59. The van der Waals surface area contributed by atoms with Gasteiger partial charge in [0.15, 0.2) is 11.6 Å². The lowest BCUT2D eigenvalue weighted by molar-refractivity contribution is -0.276. The van der Waals surface area contributed by atoms with Gasteiger partial charge in [-0.15, -0.1) is 13.2 Å². The van der Waals surface area contributed by atoms with Gasteiger partial charge in [-0.3, -0.25) is 0 Å². The number of aryl methyl sites for hydroxylation is 1. The van der Waals surface area contributed by atoms with Crippen molar-refractivity contribution in [3.05, 3.63) is 76.4 Å². The van der Waals surface area contributed by atoms with E-state index >= 15 is 0 Å². The zero-order valence-electron chi connectivity index (χ0n) is 17.2. The van der Waals surface area contributed by atoms with Crippen LogP contribution >= 0.6 is 0 Å². The maximum atomic E-state index is 14.5. The fraction of sp³-hybridized carbons (Fsp3) is 0.360. The molecule has 0 fully saturated rings. The maximum absolute atomic E-state index is 14.5. The first-order valence-corrected chi connectivity index (χ1v) is 10.5. The lowest BCUT2D eigenvalue weighted by atomic mass is 9.79. The Kier molecular flexibility index (Phi) is 5.91. The van der Waals surface area contributed by atoms with Crippen LogP contribution in [0, 0.1) is 11.6 Å². The van der Waals surface area contributed by atoms with Crippen LogP contribution in [0.5, 0.6) is 5.75 Å². The molecular formula is C25H23F5O. The van der Waals surface area contributed by atoms with Gasteiger partial charge >= 0.3 is 6.36 Å². The third-order valence-corrected chi connectivity index (χ3v) is 6.02. The molecule has 1 aliphatic carbocycles. The Bertz CT molecular complexity index is 1100. The van der Waals surface area contributed by atoms with Crippen LogP contribution < -0.4 is 4.74 Å². The highest BCUT2D eigenvalue weighted by molar-refractivity contribution is 5.84. The van der Waals surface area contributed by atoms with Crippen LogP contribution in [0.1, 0.15) is 54.4 Å². The van der Waals surface area contributed by atoms with Crippen molar-refractivity contribution in [2.45, 2.75) is 57.7 Å². The molecule has 0 aromatic heterocycles. The van der Waals surface area contributed by atoms with Gasteiger partial charge in [-0.2, -0.15) is 0 Å². The van der Waals surface area contributed by atoms with E-state index in [1.165, 1.54) is 5.56 Å². The van der Waals surface area contributed by atoms with Crippen LogP contribution in [-0.2, 0) is 19.3 Å². The zero-order chi connectivity index (χ0) is 22.2. The van der Waals surface area contributed by atoms with Crippen LogP contribution in [-0.4, -0.2) is 6.36 Å². The van der Waals surface area contributed by atoms with Crippen molar-refractivity contribution >= 4 is 10.8 Å². The molecule has 0 spiro atoms. The number of rotatable bonds is 5. The molecule has 1 aliphatic rings. The molecule has 0 saturated heterocycles. The second-order valence-corrected chi connectivity index (χ2v) is 8.17. The summed E-state index contributed by atoms with van der Waals surface area (Å²) in [6.45, 7) is 2.16. The summed E-state index contributed by atoms with van der Waals surface area (Å²) in [6.07, 6.45) is -0.635. The number of hydrogen-bond donors (Lipinski definition) is 0. The van der Waals surface area contributed by atoms with Crippen molar-refractivity contribution in [3.63, 3.8) is 0 Å². The van der Waals surface area contributed by atoms with Crippen LogP contribution in [0.25, 0.3) is 10.8 Å². The van der Waals surface area contributed by atoms with Crippen molar-refractivity contribution in [1.82, 2.24) is 0 Å². The van der Waals surface area contributed by atoms with Gasteiger partial charge in [0.05, 0.1) is 0 Å². The summed E-state index contributed by atoms with van der Waals surface area (Å²) in [5.74, 6) is -3.89. The molecule has 0 bridgehead atoms. The second kappa shape index (κ2) is 8.48. The summed E-state index contributed by atoms with van der Waals surface area (Å²) in [4.78, 5) is 0. The zero-order valence-corrected chi connectivity index (χ0v) is 17.2. The summed E-state index contributed by atoms with van der Waals surface area (Å²) < 4.78 is 69.7. The Morgan fingerprint density at radius 1 is 1.00 bits per heavy atom. The smallest absolute Gasteiger partial charge is 0.399 e. The van der Waals surface area contributed by atoms with Gasteiger partial charge in [0, 0.05) is 0 Å². The topological polar surface area (TPSA) is 9.23 Å². The molecule has 0 amide bonds. The molecule has 4 rings (SSSR count). The molecule has 1 atom stereocenters. The summed E-state index contributed by atoms with van der Waals surface area (Å²) in [7, 11) is 0. The van der Waals surface area contributed by atoms with E-state index in [0.717, 1.165) is 41.7 Å². The number of benzene rings is 3. The minimum Gasteiger partial charge on any atom is -0.399 e. The normalized spacial score (nSPS) is 16.4. The van der Waals surface area contributed by atoms with E-state index in [4.69, 9.17) is 0 Å². The summed E-state index contributed by atoms with van der Waals surface area (Å²) in [5.41, 5.74) is 2.88. The van der Waals surface area contributed by atoms with Gasteiger partial charge in [-0.05, 0) is 77.1 Å². The molecule has 0 saturated carbocycles. The van der Waals surface area contributed by atoms with E-state index in [1.54, 1.807) is 0 Å². The predicted octanol–water partition coefficient (Wildman–Crippen LogP) is 7.63. The number of halogens is 5. The fourth-order valence-electron chi connectivity index (χ4n) is 4.42. The molecule has 6 heteroatoms. The first kappa shape index (κ1) is 21.6. The number of ether oxygens (including phenoxy) is 1. The number of unbranched alkanes of at least 4 members (excludes halogenated alkanes) is 1. The Morgan fingerprint density at radius 2 is 1.74 bits per heavy atom. The molecule has 0 heterocycles. The highest BCUT2D eigenvalue weighted by atomic mass is 19.4. The lowest BCUT2D eigenvalue weighted by Crippen LogP contribution is -2.21. The van der Waals surface area contributed by atoms with Crippen molar-refractivity contribution in [2.24, 2.45) is 0 Å². The van der Waals surface area contributed by atoms with Gasteiger partial charge in [0.25, 0.3) is 0 Å². The Hall–Kier alpha value is -2.63. The number of fused-ring (bicyclic) bond motifs is 2. The highest BCUT2D eigenvalue weighted by Gasteiger charge is 2.36. The standard InChI is InChI=1S/C25H23F5O/c1-2-3-4-15-5-6-17-12-18(8-7-16(17)11-15)19-9-10-21-20(13-19)14-22(26)24(23(21)27)31-25(28,29)30/h5-8,11-12,14,19H,2-4,9-10,13H2,1H3. The Morgan fingerprint density at radius 3 is 2.48 bits per heavy atom. The van der Waals surface area contributed by atoms with Gasteiger partial charge in [-0.25, -0.2) is 8.78 Å². The summed E-state index contributed by atoms with van der Waals surface area (Å²) in [5, 5.41) is 2.26. The maximum Gasteiger partial charge on any atom is 0.573 e. The summed E-state index contributed by atoms with van der Waals surface area (Å²) in [6, 6.07) is 13.6. The first-order valence-electron chi connectivity index (χ1n) is 10.5. The van der Waals surface area contributed by atoms with Crippen LogP contribution in [0.15, 0.2) is 42.5 Å². The minimum absolute atomic E-state index is 0.0462. The molecular weight excluding hydrogens is 411 g/mol. The SMILES string of the molecule is CCCCc1ccc2cc(C3CCc4c(cc(F)c(OC(F)(F)F)c4F)C3)ccc2c1. The second-order valence-electron chi connectivity index (χ2n) is 8.17. The molecule has 0 radical (unpaired) electrons. The number of alkyl halides is 3. The van der Waals surface area contributed by atoms with E-state index in [0.29, 0.717) is 18.4 Å². The van der Waals surface area contributed by atoms with E-state index in [1.807, 2.05) is 6.07 Å². The molecule has 0 aliphatic heterocycles. The number of hydrogen-bond acceptors (Lipinski definition) is 1. The molecule has 31 heavy (non-hydrogen) atoms. The van der Waals surface area contributed by atoms with Crippen molar-refractivity contribution in [1.29, 1.82) is 0 Å². The summed E-state index contributed by atoms with van der Waals surface area (Å²) >= 11 is 0. The predicted molar refractivity (Wildman–Crippen MR) is 110 cm³/mol. The van der Waals surface area contributed by atoms with Crippen molar-refractivity contribution in [2.75, 3.05) is 0 Å². The highest BCUT2D eigenvalue weighted by Crippen LogP contribution is 2.39. The van der Waals surface area contributed by atoms with Gasteiger partial charge in [0.1, 0.15) is 0 Å². The first-order chi connectivity index (χ1) is 14.7. The lowest BCUT2D eigenvalue weighted by Gasteiger charge is -2.26. The van der Waals surface area contributed by atoms with Crippen molar-refractivity contribution in [3.8, 4) is 5.75 Å².